The van der Waals surface area contributed by atoms with Crippen LogP contribution >= 0.6 is 0 Å². The number of aromatic amines is 1. The van der Waals surface area contributed by atoms with Crippen molar-refractivity contribution >= 4 is 47.7 Å². The molecule has 0 aliphatic carbocycles. The zero-order valence-corrected chi connectivity index (χ0v) is 72.9. The predicted molar refractivity (Wildman–Crippen MR) is 513 cm³/mol. The second-order valence-corrected chi connectivity index (χ2v) is 28.9. The van der Waals surface area contributed by atoms with Crippen LogP contribution in [0.25, 0.3) is 56.1 Å². The second kappa shape index (κ2) is 47.2. The van der Waals surface area contributed by atoms with Crippen LogP contribution < -0.4 is 34.4 Å². The van der Waals surface area contributed by atoms with Crippen LogP contribution in [-0.2, 0) is 51.7 Å². The first-order chi connectivity index (χ1) is 62.8. The summed E-state index contributed by atoms with van der Waals surface area (Å²) in [5.41, 5.74) is 57.1. The van der Waals surface area contributed by atoms with Gasteiger partial charge in [-0.05, 0) is 97.9 Å². The van der Waals surface area contributed by atoms with E-state index in [1.165, 1.54) is 27.8 Å². The molecule has 28 nitrogen and oxygen atoms in total. The zero-order valence-electron chi connectivity index (χ0n) is 72.9. The van der Waals surface area contributed by atoms with Crippen LogP contribution in [0.2, 0.25) is 0 Å². The number of hydrogen-bond acceptors (Lipinski definition) is 21. The molecule has 1 aliphatic rings. The Balaban J connectivity index is 0.000000148. The molecule has 16 aromatic rings. The smallest absolute Gasteiger partial charge is 0.234 e. The molecule has 129 heavy (non-hydrogen) atoms. The predicted octanol–water partition coefficient (Wildman–Crippen LogP) is 14.0. The van der Waals surface area contributed by atoms with Gasteiger partial charge in [0, 0.05) is 47.0 Å². The standard InChI is InChI=1S/C19H21N7.C18H19N6.C18H18N6.C13H13N3.2C12H10N2.C9H8N2/c1-4-16-15(18(20)23-19(21)22-16)7-5-6-14-11-26(25-24-14)17-9-8-12(2)10-13(17)3;1-2-16-15(17(19)23-18(20)22-16)9-6-10-24-12-14(11-21-24)13-7-4-3-5-8-13;1-2-15-14(17(19)23-18(20)22-15)9-6-10-24-11-16(21-12-24)13-7-4-3-5-8-13;1-4-5-12-9-16(15-14-12)13-7-6-10(2)8-11(13)3;1-2-8-14-9-12(13-10-14)11-6-4-3-5-7-11;1-2-8-14-10-12(9-13-14)11-6-4-3-5-7-11;1-2-4-8(5-3-1)9-6-10-11-7-9/h8-11H,4,6H2,1-3H3,(H4,20,21,22,23);3-5,7-8,11-12,14H,2,10H2,1H3,(H4,19,20,22,23);3-5,7-8,11-12H,2,10H2,1H3,(H4,19,20,22,23);1,6-9H,5H2,2-3H3;2*1,3-7,9-10H,8H2;1-7H,(H,10,11)/q;+1;;;;;. The van der Waals surface area contributed by atoms with Crippen LogP contribution in [-0.4, -0.2) is 123 Å². The van der Waals surface area contributed by atoms with E-state index in [1.54, 1.807) is 26.7 Å². The highest BCUT2D eigenvalue weighted by molar-refractivity contribution is 5.90. The SMILES string of the molecule is C#CCc1cn(-c2ccc(C)cc2C)nn1.C#CCn1cc(-c2ccccc2)cn1.C#CCn1cnc(-c2ccccc2)c1.CCc1nc(N)nc(N)c1C#CC[N+]1=CC(c2ccccc2)C=N1.CCc1nc(N)nc(N)c1C#CCc1cn(-c2ccc(C)cc2C)nn1.CCc1nc(N)nc(N)c1C#CCn1cnc(-c2ccccc2)c1.c1ccc(-c2cn[nH]c2)cc1. The molecule has 0 saturated heterocycles. The topological polar surface area (TPSA) is 392 Å². The van der Waals surface area contributed by atoms with E-state index in [0.29, 0.717) is 92.4 Å². The molecule has 9 aromatic heterocycles. The number of H-pyrrole nitrogens is 1. The number of terminal acetylenes is 3. The number of hydrazone groups is 1. The summed E-state index contributed by atoms with van der Waals surface area (Å²) < 4.78 is 10.9. The summed E-state index contributed by atoms with van der Waals surface area (Å²) in [7, 11) is 0. The molecule has 28 heteroatoms. The van der Waals surface area contributed by atoms with Crippen molar-refractivity contribution in [2.45, 2.75) is 106 Å². The molecule has 642 valence electrons. The Bertz CT molecular complexity index is 6670. The second-order valence-electron chi connectivity index (χ2n) is 28.9. The van der Waals surface area contributed by atoms with E-state index >= 15 is 0 Å². The van der Waals surface area contributed by atoms with Crippen LogP contribution in [0.4, 0.5) is 35.3 Å². The van der Waals surface area contributed by atoms with Crippen LogP contribution in [0.15, 0.2) is 255 Å². The fraction of sp³-hybridized carbons (Fsp3) is 0.168. The summed E-state index contributed by atoms with van der Waals surface area (Å²) in [6, 6.07) is 63.0. The Morgan fingerprint density at radius 3 is 1.33 bits per heavy atom. The molecule has 0 amide bonds. The molecule has 0 fully saturated rings. The van der Waals surface area contributed by atoms with Crippen LogP contribution in [0.1, 0.15) is 99.7 Å². The number of anilines is 6. The summed E-state index contributed by atoms with van der Waals surface area (Å²) in [5.74, 6) is 27.7. The third kappa shape index (κ3) is 27.2. The first-order valence-electron chi connectivity index (χ1n) is 41.3. The number of aryl methyl sites for hydroxylation is 7. The summed E-state index contributed by atoms with van der Waals surface area (Å²) in [6.45, 7) is 16.3. The minimum atomic E-state index is 0.168. The zero-order chi connectivity index (χ0) is 91.2. The van der Waals surface area contributed by atoms with Crippen molar-refractivity contribution in [3.05, 3.63) is 323 Å². The average Bonchev–Trinajstić information content (AvgIpc) is 1.81. The molecule has 1 unspecified atom stereocenters. The maximum atomic E-state index is 5.92. The molecular formula is C101H99N28+. The Labute approximate surface area is 751 Å². The quantitative estimate of drug-likeness (QED) is 0.0349. The Hall–Kier alpha value is -17.6. The fourth-order valence-electron chi connectivity index (χ4n) is 12.9. The number of rotatable bonds is 16. The minimum absolute atomic E-state index is 0.168. The van der Waals surface area contributed by atoms with E-state index < -0.39 is 0 Å². The molecule has 17 rings (SSSR count). The van der Waals surface area contributed by atoms with Crippen molar-refractivity contribution in [2.75, 3.05) is 40.9 Å². The summed E-state index contributed by atoms with van der Waals surface area (Å²) in [4.78, 5) is 33.2. The van der Waals surface area contributed by atoms with Crippen LogP contribution in [0.5, 0.6) is 0 Å². The molecule has 13 N–H and O–H groups in total. The number of nitrogens with zero attached hydrogens (tertiary/aromatic N) is 21. The lowest BCUT2D eigenvalue weighted by Gasteiger charge is -2.05. The van der Waals surface area contributed by atoms with Gasteiger partial charge in [-0.15, -0.1) is 35.4 Å². The third-order valence-electron chi connectivity index (χ3n) is 19.2. The highest BCUT2D eigenvalue weighted by atomic mass is 15.4. The number of nitrogens with two attached hydrogens (primary N) is 6. The Kier molecular flexibility index (Phi) is 33.7. The van der Waals surface area contributed by atoms with Gasteiger partial charge in [0.15, 0.2) is 6.21 Å². The lowest BCUT2D eigenvalue weighted by atomic mass is 10.0. The first-order valence-corrected chi connectivity index (χ1v) is 41.3. The van der Waals surface area contributed by atoms with Crippen molar-refractivity contribution in [3.8, 4) is 129 Å². The summed E-state index contributed by atoms with van der Waals surface area (Å²) in [5, 5.41) is 31.7. The molecule has 0 spiro atoms. The van der Waals surface area contributed by atoms with E-state index in [1.807, 2.05) is 224 Å². The monoisotopic (exact) mass is 1700 g/mol. The number of imidazole rings is 2. The van der Waals surface area contributed by atoms with Gasteiger partial charge in [0.1, 0.15) is 29.9 Å². The molecular weight excluding hydrogens is 1610 g/mol. The highest BCUT2D eigenvalue weighted by Crippen LogP contribution is 2.24. The fourth-order valence-corrected chi connectivity index (χ4v) is 12.9. The van der Waals surface area contributed by atoms with Crippen LogP contribution in [0.3, 0.4) is 0 Å². The van der Waals surface area contributed by atoms with Gasteiger partial charge in [-0.1, -0.05) is 264 Å². The average molecular weight is 1710 g/mol. The molecule has 0 bridgehead atoms. The van der Waals surface area contributed by atoms with Crippen LogP contribution in [0, 0.1) is 100 Å². The van der Waals surface area contributed by atoms with Gasteiger partial charge < -0.3 is 43.5 Å². The molecule has 0 saturated carbocycles. The van der Waals surface area contributed by atoms with Gasteiger partial charge in [0.2, 0.25) is 24.4 Å². The summed E-state index contributed by atoms with van der Waals surface area (Å²) >= 11 is 0. The van der Waals surface area contributed by atoms with Gasteiger partial charge in [-0.25, -0.2) is 34.3 Å². The van der Waals surface area contributed by atoms with Crippen molar-refractivity contribution in [1.29, 1.82) is 0 Å². The molecule has 0 radical (unpaired) electrons. The van der Waals surface area contributed by atoms with Crippen molar-refractivity contribution < 1.29 is 4.68 Å². The van der Waals surface area contributed by atoms with Gasteiger partial charge in [-0.3, -0.25) is 9.78 Å². The Morgan fingerprint density at radius 2 is 0.876 bits per heavy atom. The number of aromatic nitrogens is 20. The third-order valence-corrected chi connectivity index (χ3v) is 19.2. The number of benzene rings is 7. The van der Waals surface area contributed by atoms with Crippen molar-refractivity contribution in [2.24, 2.45) is 5.10 Å². The lowest BCUT2D eigenvalue weighted by molar-refractivity contribution is -0.513. The minimum Gasteiger partial charge on any atom is -0.382 e. The van der Waals surface area contributed by atoms with Crippen molar-refractivity contribution in [1.82, 2.24) is 99.0 Å². The summed E-state index contributed by atoms with van der Waals surface area (Å²) in [6.07, 6.45) is 41.3. The first kappa shape index (κ1) is 92.1. The number of hydrogen-bond donors (Lipinski definition) is 7. The highest BCUT2D eigenvalue weighted by Gasteiger charge is 2.20. The lowest BCUT2D eigenvalue weighted by Crippen LogP contribution is -2.08. The molecule has 10 heterocycles. The van der Waals surface area contributed by atoms with E-state index in [4.69, 9.17) is 53.7 Å². The van der Waals surface area contributed by atoms with E-state index in [0.717, 1.165) is 84.6 Å². The maximum Gasteiger partial charge on any atom is 0.234 e. The molecule has 7 aromatic carbocycles. The van der Waals surface area contributed by atoms with Gasteiger partial charge >= 0.3 is 0 Å². The van der Waals surface area contributed by atoms with E-state index in [2.05, 4.69) is 223 Å². The van der Waals surface area contributed by atoms with Crippen molar-refractivity contribution in [3.63, 3.8) is 0 Å². The normalized spacial score (nSPS) is 11.1. The number of nitrogen functional groups attached to an aromatic ring is 6. The van der Waals surface area contributed by atoms with Gasteiger partial charge in [0.25, 0.3) is 0 Å². The van der Waals surface area contributed by atoms with Gasteiger partial charge in [-0.2, -0.15) is 25.1 Å². The maximum absolute atomic E-state index is 5.92. The molecule has 1 atom stereocenters. The molecule has 1 aliphatic heterocycles. The number of nitrogens with one attached hydrogen (secondary N) is 1. The Morgan fingerprint density at radius 1 is 0.434 bits per heavy atom. The largest absolute Gasteiger partial charge is 0.382 e. The van der Waals surface area contributed by atoms with Gasteiger partial charge in [0.05, 0.1) is 138 Å². The van der Waals surface area contributed by atoms with E-state index in [-0.39, 0.29) is 23.8 Å². The van der Waals surface area contributed by atoms with E-state index in [9.17, 15) is 0 Å².